The number of allylic oxidation sites excluding steroid dienone is 5. The van der Waals surface area contributed by atoms with Crippen LogP contribution >= 0.6 is 0 Å². The maximum Gasteiger partial charge on any atom is 0.234 e. The maximum atomic E-state index is 15.1. The number of Topliss-reactive ketones (excluding diaryl/α,β-unsaturated/α-hetero) is 1. The summed E-state index contributed by atoms with van der Waals surface area (Å²) in [5, 5.41) is 10.6. The molecule has 256 valence electrons. The van der Waals surface area contributed by atoms with E-state index in [1.165, 1.54) is 25.2 Å². The lowest BCUT2D eigenvalue weighted by Crippen LogP contribution is -2.59. The number of imide groups is 1. The van der Waals surface area contributed by atoms with E-state index in [-0.39, 0.29) is 47.1 Å². The molecule has 0 spiro atoms. The maximum absolute atomic E-state index is 15.1. The fraction of sp³-hybridized carbons (Fsp3) is 0.333. The van der Waals surface area contributed by atoms with Crippen LogP contribution in [0.3, 0.4) is 0 Å². The molecule has 50 heavy (non-hydrogen) atoms. The van der Waals surface area contributed by atoms with Gasteiger partial charge in [0.05, 0.1) is 31.5 Å². The van der Waals surface area contributed by atoms with Gasteiger partial charge in [0.25, 0.3) is 0 Å². The van der Waals surface area contributed by atoms with Crippen molar-refractivity contribution in [3.05, 3.63) is 113 Å². The zero-order chi connectivity index (χ0) is 35.5. The Hall–Kier alpha value is -5.24. The monoisotopic (exact) mass is 671 g/mol. The Balaban J connectivity index is 1.47. The van der Waals surface area contributed by atoms with Gasteiger partial charge >= 0.3 is 0 Å². The average molecular weight is 672 g/mol. The Morgan fingerprint density at radius 1 is 0.860 bits per heavy atom. The number of phenolic OH excluding ortho intramolecular Hbond substituents is 1. The highest BCUT2D eigenvalue weighted by molar-refractivity contribution is 6.31. The number of methoxy groups -OCH3 is 2. The molecule has 6 unspecified atom stereocenters. The van der Waals surface area contributed by atoms with Crippen molar-refractivity contribution in [1.29, 1.82) is 0 Å². The Morgan fingerprint density at radius 2 is 1.48 bits per heavy atom. The summed E-state index contributed by atoms with van der Waals surface area (Å²) in [4.78, 5) is 59.5. The van der Waals surface area contributed by atoms with E-state index in [1.807, 2.05) is 99.7 Å². The third-order valence-corrected chi connectivity index (χ3v) is 11.1. The molecule has 1 heterocycles. The van der Waals surface area contributed by atoms with E-state index >= 15 is 4.79 Å². The van der Waals surface area contributed by atoms with Gasteiger partial charge in [0, 0.05) is 22.9 Å². The number of likely N-dealkylation sites (tertiary alicyclic amines) is 1. The van der Waals surface area contributed by atoms with Crippen LogP contribution in [-0.4, -0.2) is 53.1 Å². The van der Waals surface area contributed by atoms with Gasteiger partial charge in [-0.2, -0.15) is 0 Å². The predicted octanol–water partition coefficient (Wildman–Crippen LogP) is 6.58. The number of carbonyl (C=O) groups excluding carboxylic acids is 4. The average Bonchev–Trinajstić information content (AvgIpc) is 3.38. The molecule has 4 aliphatic rings. The van der Waals surface area contributed by atoms with Gasteiger partial charge < -0.3 is 14.6 Å². The molecule has 8 nitrogen and oxygen atoms in total. The summed E-state index contributed by atoms with van der Waals surface area (Å²) in [5.41, 5.74) is 1.25. The van der Waals surface area contributed by atoms with Crippen molar-refractivity contribution >= 4 is 35.0 Å². The number of rotatable bonds is 6. The van der Waals surface area contributed by atoms with E-state index in [0.29, 0.717) is 28.7 Å². The minimum absolute atomic E-state index is 0.133. The third kappa shape index (κ3) is 4.95. The number of ketones is 2. The lowest BCUT2D eigenvalue weighted by atomic mass is 9.45. The van der Waals surface area contributed by atoms with E-state index in [4.69, 9.17) is 9.47 Å². The van der Waals surface area contributed by atoms with Crippen LogP contribution in [0.2, 0.25) is 0 Å². The smallest absolute Gasteiger partial charge is 0.234 e. The molecular weight excluding hydrogens is 630 g/mol. The molecule has 3 aromatic rings. The molecule has 2 amide bonds. The number of ether oxygens (including phenoxy) is 2. The van der Waals surface area contributed by atoms with E-state index < -0.39 is 40.5 Å². The lowest BCUT2D eigenvalue weighted by Gasteiger charge is -2.54. The van der Waals surface area contributed by atoms with Gasteiger partial charge in [0.15, 0.2) is 23.1 Å². The second kappa shape index (κ2) is 12.3. The Labute approximate surface area is 292 Å². The van der Waals surface area contributed by atoms with E-state index in [0.717, 1.165) is 5.57 Å². The van der Waals surface area contributed by atoms with Crippen LogP contribution in [0.15, 0.2) is 96.6 Å². The SMILES string of the molecule is COc1cc(C=CC2C3=CCC4C(=O)N(C(C)(C)C)C(=O)C4C3CC3C(=O)C(c4ccccc4)=CC(=O)C23c2ccccc2)cc(OC)c1O. The van der Waals surface area contributed by atoms with Gasteiger partial charge in [-0.3, -0.25) is 24.1 Å². The molecule has 0 bridgehead atoms. The first kappa shape index (κ1) is 33.3. The normalized spacial score (nSPS) is 27.8. The number of aromatic hydroxyl groups is 1. The molecule has 8 heteroatoms. The third-order valence-electron chi connectivity index (χ3n) is 11.1. The van der Waals surface area contributed by atoms with E-state index in [2.05, 4.69) is 0 Å². The summed E-state index contributed by atoms with van der Waals surface area (Å²) >= 11 is 0. The van der Waals surface area contributed by atoms with Crippen molar-refractivity contribution in [2.24, 2.45) is 29.6 Å². The molecule has 1 aliphatic heterocycles. The number of fused-ring (bicyclic) bond motifs is 4. The van der Waals surface area contributed by atoms with E-state index in [1.54, 1.807) is 12.1 Å². The number of nitrogens with zero attached hydrogens (tertiary/aromatic N) is 1. The molecule has 2 fully saturated rings. The van der Waals surface area contributed by atoms with Gasteiger partial charge in [0.1, 0.15) is 0 Å². The van der Waals surface area contributed by atoms with Crippen molar-refractivity contribution in [3.63, 3.8) is 0 Å². The van der Waals surface area contributed by atoms with Crippen molar-refractivity contribution < 1.29 is 33.8 Å². The van der Waals surface area contributed by atoms with Gasteiger partial charge in [-0.1, -0.05) is 84.5 Å². The Morgan fingerprint density at radius 3 is 2.08 bits per heavy atom. The standard InChI is InChI=1S/C42H41NO7/c1-41(2,3)43-39(47)28-18-17-27-30(36(28)40(43)48)22-32-37(45)29(25-12-8-6-9-13-25)23-35(44)42(32,26-14-10-7-11-15-26)31(27)19-16-24-20-33(49-4)38(46)34(21-24)50-5/h6-17,19-21,23,28,30-32,36,46H,18,22H2,1-5H3. The first-order chi connectivity index (χ1) is 23.9. The quantitative estimate of drug-likeness (QED) is 0.233. The van der Waals surface area contributed by atoms with Crippen LogP contribution in [0.4, 0.5) is 0 Å². The first-order valence-corrected chi connectivity index (χ1v) is 17.1. The molecule has 1 saturated carbocycles. The molecule has 0 radical (unpaired) electrons. The van der Waals surface area contributed by atoms with Crippen molar-refractivity contribution in [2.75, 3.05) is 14.2 Å². The molecule has 3 aromatic carbocycles. The largest absolute Gasteiger partial charge is 0.502 e. The molecule has 7 rings (SSSR count). The van der Waals surface area contributed by atoms with Crippen LogP contribution in [-0.2, 0) is 24.6 Å². The molecule has 6 atom stereocenters. The van der Waals surface area contributed by atoms with Crippen LogP contribution in [0.5, 0.6) is 17.2 Å². The number of amides is 2. The highest BCUT2D eigenvalue weighted by Crippen LogP contribution is 2.61. The first-order valence-electron chi connectivity index (χ1n) is 17.1. The summed E-state index contributed by atoms with van der Waals surface area (Å²) in [6.45, 7) is 5.59. The summed E-state index contributed by atoms with van der Waals surface area (Å²) in [7, 11) is 2.91. The summed E-state index contributed by atoms with van der Waals surface area (Å²) < 4.78 is 10.8. The molecule has 1 saturated heterocycles. The summed E-state index contributed by atoms with van der Waals surface area (Å²) in [5.74, 6) is -3.52. The number of hydrogen-bond donors (Lipinski definition) is 1. The fourth-order valence-corrected chi connectivity index (χ4v) is 9.00. The molecule has 1 N–H and O–H groups in total. The topological polar surface area (TPSA) is 110 Å². The van der Waals surface area contributed by atoms with Gasteiger partial charge in [-0.05, 0) is 74.4 Å². The zero-order valence-corrected chi connectivity index (χ0v) is 28.9. The van der Waals surface area contributed by atoms with Gasteiger partial charge in [-0.25, -0.2) is 0 Å². The van der Waals surface area contributed by atoms with Crippen molar-refractivity contribution in [3.8, 4) is 17.2 Å². The Kier molecular flexibility index (Phi) is 8.16. The number of hydrogen-bond acceptors (Lipinski definition) is 7. The number of phenols is 1. The second-order valence-electron chi connectivity index (χ2n) is 14.6. The fourth-order valence-electron chi connectivity index (χ4n) is 9.00. The zero-order valence-electron chi connectivity index (χ0n) is 28.9. The minimum atomic E-state index is -1.32. The Bertz CT molecular complexity index is 1960. The van der Waals surface area contributed by atoms with E-state index in [9.17, 15) is 19.5 Å². The lowest BCUT2D eigenvalue weighted by molar-refractivity contribution is -0.145. The molecule has 3 aliphatic carbocycles. The van der Waals surface area contributed by atoms with Crippen molar-refractivity contribution in [1.82, 2.24) is 4.90 Å². The van der Waals surface area contributed by atoms with Crippen LogP contribution in [0.1, 0.15) is 50.3 Å². The van der Waals surface area contributed by atoms with Crippen LogP contribution in [0.25, 0.3) is 11.6 Å². The second-order valence-corrected chi connectivity index (χ2v) is 14.6. The number of carbonyl (C=O) groups is 4. The summed E-state index contributed by atoms with van der Waals surface area (Å²) in [6, 6.07) is 22.0. The molecular formula is C42H41NO7. The van der Waals surface area contributed by atoms with Gasteiger partial charge in [-0.15, -0.1) is 0 Å². The predicted molar refractivity (Wildman–Crippen MR) is 189 cm³/mol. The van der Waals surface area contributed by atoms with Crippen molar-refractivity contribution in [2.45, 2.75) is 44.6 Å². The van der Waals surface area contributed by atoms with Crippen LogP contribution in [0, 0.1) is 29.6 Å². The molecule has 0 aromatic heterocycles. The highest BCUT2D eigenvalue weighted by Gasteiger charge is 2.65. The highest BCUT2D eigenvalue weighted by atomic mass is 16.5. The van der Waals surface area contributed by atoms with Crippen LogP contribution < -0.4 is 9.47 Å². The number of benzene rings is 3. The minimum Gasteiger partial charge on any atom is -0.502 e. The summed E-state index contributed by atoms with van der Waals surface area (Å²) in [6.07, 6.45) is 7.96. The van der Waals surface area contributed by atoms with Gasteiger partial charge in [0.2, 0.25) is 17.6 Å².